The molecular weight excluding hydrogens is 440 g/mol. The van der Waals surface area contributed by atoms with Gasteiger partial charge in [0, 0.05) is 18.7 Å². The van der Waals surface area contributed by atoms with E-state index in [1.807, 2.05) is 17.9 Å². The van der Waals surface area contributed by atoms with Gasteiger partial charge in [-0.1, -0.05) is 12.1 Å². The van der Waals surface area contributed by atoms with Crippen molar-refractivity contribution in [2.75, 3.05) is 19.1 Å². The largest absolute Gasteiger partial charge is 0.454 e. The number of benzene rings is 1. The standard InChI is InChI=1S/C22H26N8O4/c1-13-15(5-7-20(23)25-13)11-30-8-2-3-17(30)22(32)26-21(31)16(27-29-28-24)9-14-4-6-18-19(10-14)34-12-33-18/h4-7,10,16-17,27H,2-3,8-9,11-12H2,1H3,(H2,23,25)(H,26,31,32)/t16?,17-/m1/s1. The maximum absolute atomic E-state index is 13.0. The molecule has 12 heteroatoms. The first kappa shape index (κ1) is 23.1. The number of amides is 2. The average molecular weight is 467 g/mol. The summed E-state index contributed by atoms with van der Waals surface area (Å²) in [4.78, 5) is 34.9. The summed E-state index contributed by atoms with van der Waals surface area (Å²) >= 11 is 0. The van der Waals surface area contributed by atoms with Gasteiger partial charge in [-0.3, -0.25) is 19.8 Å². The fourth-order valence-electron chi connectivity index (χ4n) is 4.20. The predicted octanol–water partition coefficient (Wildman–Crippen LogP) is 1.73. The molecular formula is C22H26N8O4. The molecule has 12 nitrogen and oxygen atoms in total. The van der Waals surface area contributed by atoms with Crippen LogP contribution in [-0.4, -0.2) is 47.1 Å². The minimum absolute atomic E-state index is 0.137. The zero-order valence-electron chi connectivity index (χ0n) is 18.7. The Balaban J connectivity index is 1.41. The number of pyridine rings is 1. The highest BCUT2D eigenvalue weighted by Crippen LogP contribution is 2.32. The number of nitrogens with two attached hydrogens (primary N) is 1. The summed E-state index contributed by atoms with van der Waals surface area (Å²) in [5, 5.41) is 5.82. The van der Waals surface area contributed by atoms with E-state index in [0.29, 0.717) is 30.3 Å². The smallest absolute Gasteiger partial charge is 0.272 e. The van der Waals surface area contributed by atoms with Crippen LogP contribution >= 0.6 is 0 Å². The molecule has 3 heterocycles. The molecule has 0 spiro atoms. The number of nitrogens with one attached hydrogen (secondary N) is 2. The highest BCUT2D eigenvalue weighted by molar-refractivity contribution is 6.00. The maximum Gasteiger partial charge on any atom is 0.272 e. The van der Waals surface area contributed by atoms with Gasteiger partial charge in [0.25, 0.3) is 5.91 Å². The van der Waals surface area contributed by atoms with Crippen molar-refractivity contribution in [2.45, 2.75) is 44.8 Å². The molecule has 2 aliphatic heterocycles. The molecule has 4 rings (SSSR count). The summed E-state index contributed by atoms with van der Waals surface area (Å²) in [5.74, 6) is 0.680. The molecule has 2 aromatic rings. The number of fused-ring (bicyclic) bond motifs is 1. The highest BCUT2D eigenvalue weighted by atomic mass is 16.7. The third-order valence-corrected chi connectivity index (χ3v) is 5.95. The van der Waals surface area contributed by atoms with Gasteiger partial charge in [0.2, 0.25) is 12.7 Å². The van der Waals surface area contributed by atoms with Crippen LogP contribution in [0.4, 0.5) is 5.82 Å². The maximum atomic E-state index is 13.0. The molecule has 2 atom stereocenters. The Bertz CT molecular complexity index is 1130. The number of ether oxygens (including phenoxy) is 2. The van der Waals surface area contributed by atoms with Crippen molar-refractivity contribution in [3.63, 3.8) is 0 Å². The number of azide groups is 1. The number of likely N-dealkylation sites (tertiary alicyclic amines) is 1. The van der Waals surface area contributed by atoms with E-state index in [1.165, 1.54) is 0 Å². The number of hydrogen-bond donors (Lipinski definition) is 3. The molecule has 1 aromatic heterocycles. The van der Waals surface area contributed by atoms with Crippen LogP contribution in [0.5, 0.6) is 11.5 Å². The molecule has 0 saturated carbocycles. The Morgan fingerprint density at radius 1 is 1.32 bits per heavy atom. The van der Waals surface area contributed by atoms with Crippen molar-refractivity contribution < 1.29 is 19.1 Å². The number of hydrogen-bond acceptors (Lipinski definition) is 8. The van der Waals surface area contributed by atoms with Crippen LogP contribution < -0.4 is 25.9 Å². The predicted molar refractivity (Wildman–Crippen MR) is 122 cm³/mol. The first-order chi connectivity index (χ1) is 16.4. The lowest BCUT2D eigenvalue weighted by atomic mass is 10.0. The fraction of sp³-hybridized carbons (Fsp3) is 0.409. The Kier molecular flexibility index (Phi) is 7.00. The van der Waals surface area contributed by atoms with Gasteiger partial charge in [-0.2, -0.15) is 4.91 Å². The third-order valence-electron chi connectivity index (χ3n) is 5.95. The summed E-state index contributed by atoms with van der Waals surface area (Å²) < 4.78 is 10.7. The highest BCUT2D eigenvalue weighted by Gasteiger charge is 2.34. The SMILES string of the molecule is Cc1nc(N)ccc1CN1CCC[C@@H]1C(=O)NC(=O)C(Cc1ccc2c(c1)OCO2)NN=[N+]=[N-]. The Labute approximate surface area is 196 Å². The summed E-state index contributed by atoms with van der Waals surface area (Å²) in [5.41, 5.74) is 19.5. The third kappa shape index (κ3) is 5.30. The van der Waals surface area contributed by atoms with Crippen LogP contribution in [0.1, 0.15) is 29.7 Å². The number of carbonyl (C=O) groups is 2. The van der Waals surface area contributed by atoms with E-state index >= 15 is 0 Å². The minimum atomic E-state index is -0.946. The van der Waals surface area contributed by atoms with Crippen molar-refractivity contribution in [3.05, 3.63) is 57.6 Å². The van der Waals surface area contributed by atoms with Crippen molar-refractivity contribution in [1.29, 1.82) is 0 Å². The summed E-state index contributed by atoms with van der Waals surface area (Å²) in [6.07, 6.45) is 1.65. The lowest BCUT2D eigenvalue weighted by Gasteiger charge is -2.24. The van der Waals surface area contributed by atoms with Crippen LogP contribution in [0.3, 0.4) is 0 Å². The zero-order chi connectivity index (χ0) is 24.1. The first-order valence-electron chi connectivity index (χ1n) is 10.9. The lowest BCUT2D eigenvalue weighted by molar-refractivity contribution is -0.134. The van der Waals surface area contributed by atoms with Gasteiger partial charge in [0.1, 0.15) is 5.82 Å². The van der Waals surface area contributed by atoms with Crippen LogP contribution in [-0.2, 0) is 22.6 Å². The number of aromatic nitrogens is 1. The fourth-order valence-corrected chi connectivity index (χ4v) is 4.20. The molecule has 1 unspecified atom stereocenters. The topological polar surface area (TPSA) is 168 Å². The number of aryl methyl sites for hydroxylation is 1. The van der Waals surface area contributed by atoms with Gasteiger partial charge in [0.05, 0.1) is 6.04 Å². The number of imide groups is 1. The monoisotopic (exact) mass is 466 g/mol. The van der Waals surface area contributed by atoms with Crippen LogP contribution in [0.15, 0.2) is 35.6 Å². The van der Waals surface area contributed by atoms with Gasteiger partial charge < -0.3 is 15.2 Å². The van der Waals surface area contributed by atoms with E-state index in [1.54, 1.807) is 24.3 Å². The van der Waals surface area contributed by atoms with E-state index in [4.69, 9.17) is 20.7 Å². The van der Waals surface area contributed by atoms with Crippen molar-refractivity contribution in [1.82, 2.24) is 20.6 Å². The van der Waals surface area contributed by atoms with Gasteiger partial charge >= 0.3 is 0 Å². The van der Waals surface area contributed by atoms with Crippen molar-refractivity contribution in [2.24, 2.45) is 5.22 Å². The molecule has 1 saturated heterocycles. The van der Waals surface area contributed by atoms with Crippen molar-refractivity contribution in [3.8, 4) is 11.5 Å². The second-order valence-corrected chi connectivity index (χ2v) is 8.23. The summed E-state index contributed by atoms with van der Waals surface area (Å²) in [6.45, 7) is 3.27. The van der Waals surface area contributed by atoms with Crippen LogP contribution in [0.25, 0.3) is 10.4 Å². The minimum Gasteiger partial charge on any atom is -0.454 e. The summed E-state index contributed by atoms with van der Waals surface area (Å²) in [7, 11) is 0. The number of nitrogens with zero attached hydrogens (tertiary/aromatic N) is 5. The number of rotatable bonds is 8. The van der Waals surface area contributed by atoms with Crippen LogP contribution in [0.2, 0.25) is 0 Å². The quantitative estimate of drug-likeness (QED) is 0.229. The Morgan fingerprint density at radius 2 is 2.15 bits per heavy atom. The lowest BCUT2D eigenvalue weighted by Crippen LogP contribution is -2.51. The van der Waals surface area contributed by atoms with E-state index < -0.39 is 18.0 Å². The summed E-state index contributed by atoms with van der Waals surface area (Å²) in [6, 6.07) is 7.53. The Morgan fingerprint density at radius 3 is 2.94 bits per heavy atom. The van der Waals surface area contributed by atoms with Gasteiger partial charge in [-0.25, -0.2) is 10.4 Å². The second-order valence-electron chi connectivity index (χ2n) is 8.23. The molecule has 2 aliphatic rings. The molecule has 34 heavy (non-hydrogen) atoms. The molecule has 1 aromatic carbocycles. The average Bonchev–Trinajstić information content (AvgIpc) is 3.47. The molecule has 4 N–H and O–H groups in total. The van der Waals surface area contributed by atoms with E-state index in [-0.39, 0.29) is 19.1 Å². The molecule has 1 fully saturated rings. The number of anilines is 1. The van der Waals surface area contributed by atoms with E-state index in [2.05, 4.69) is 25.9 Å². The van der Waals surface area contributed by atoms with Crippen molar-refractivity contribution >= 4 is 17.6 Å². The van der Waals surface area contributed by atoms with Gasteiger partial charge in [-0.05, 0) is 60.9 Å². The van der Waals surface area contributed by atoms with E-state index in [0.717, 1.165) is 29.8 Å². The normalized spacial score (nSPS) is 17.6. The Hall–Kier alpha value is -4.02. The first-order valence-corrected chi connectivity index (χ1v) is 10.9. The number of carbonyl (C=O) groups excluding carboxylic acids is 2. The molecule has 0 bridgehead atoms. The zero-order valence-corrected chi connectivity index (χ0v) is 18.7. The van der Waals surface area contributed by atoms with Gasteiger partial charge in [0.15, 0.2) is 17.5 Å². The second kappa shape index (κ2) is 10.3. The molecule has 178 valence electrons. The molecule has 2 amide bonds. The number of nitrogen functional groups attached to an aromatic ring is 1. The van der Waals surface area contributed by atoms with Gasteiger partial charge in [-0.15, -0.1) is 5.53 Å². The molecule has 0 aliphatic carbocycles. The molecule has 0 radical (unpaired) electrons. The van der Waals surface area contributed by atoms with E-state index in [9.17, 15) is 9.59 Å². The van der Waals surface area contributed by atoms with Crippen LogP contribution in [0, 0.1) is 6.92 Å².